The lowest BCUT2D eigenvalue weighted by Crippen LogP contribution is -2.28. The molecule has 0 amide bonds. The van der Waals surface area contributed by atoms with E-state index in [2.05, 4.69) is 254 Å². The minimum absolute atomic E-state index is 0.621. The Morgan fingerprint density at radius 3 is 1.37 bits per heavy atom. The first-order chi connectivity index (χ1) is 31.3. The molecule has 12 rings (SSSR count). The van der Waals surface area contributed by atoms with Crippen LogP contribution in [0.3, 0.4) is 0 Å². The molecule has 0 spiro atoms. The molecule has 0 aliphatic heterocycles. The summed E-state index contributed by atoms with van der Waals surface area (Å²) < 4.78 is 7.09. The van der Waals surface area contributed by atoms with E-state index in [-0.39, 0.29) is 0 Å². The summed E-state index contributed by atoms with van der Waals surface area (Å²) in [6, 6.07) is 90.0. The van der Waals surface area contributed by atoms with Crippen LogP contribution in [0.25, 0.3) is 66.4 Å². The van der Waals surface area contributed by atoms with Crippen LogP contribution in [0.1, 0.15) is 22.3 Å². The minimum atomic E-state index is -0.621. The van der Waals surface area contributed by atoms with Gasteiger partial charge in [0.2, 0.25) is 0 Å². The van der Waals surface area contributed by atoms with E-state index in [1.54, 1.807) is 0 Å². The number of benzene rings is 10. The molecule has 0 bridgehead atoms. The van der Waals surface area contributed by atoms with Crippen LogP contribution in [0.5, 0.6) is 0 Å². The van der Waals surface area contributed by atoms with Crippen molar-refractivity contribution in [2.45, 2.75) is 5.41 Å². The van der Waals surface area contributed by atoms with Crippen molar-refractivity contribution in [1.29, 1.82) is 0 Å². The summed E-state index contributed by atoms with van der Waals surface area (Å²) in [7, 11) is 0. The highest BCUT2D eigenvalue weighted by molar-refractivity contribution is 6.19. The number of fused-ring (bicyclic) bond motifs is 6. The van der Waals surface area contributed by atoms with E-state index in [0.717, 1.165) is 50.1 Å². The van der Waals surface area contributed by atoms with E-state index in [1.165, 1.54) is 55.6 Å². The SMILES string of the molecule is c1ccc(-c2ccc(-c3ccc(N(c4ccccc4)c4c5c(cc6oc7ccc(-c8ccccc8)cc7c46)C(c4ccccc4)(c4ccccc4)c4ccccc4-5)cc3)cc2)cc1. The number of para-hydroxylation sites is 1. The highest BCUT2D eigenvalue weighted by atomic mass is 16.3. The first-order valence-corrected chi connectivity index (χ1v) is 21.7. The molecule has 0 N–H and O–H groups in total. The Bertz CT molecular complexity index is 3360. The number of hydrogen-bond donors (Lipinski definition) is 0. The van der Waals surface area contributed by atoms with Gasteiger partial charge in [-0.05, 0) is 104 Å². The molecule has 0 fully saturated rings. The van der Waals surface area contributed by atoms with Gasteiger partial charge in [-0.15, -0.1) is 0 Å². The van der Waals surface area contributed by atoms with Gasteiger partial charge in [0.15, 0.2) is 0 Å². The fourth-order valence-electron chi connectivity index (χ4n) is 10.1. The van der Waals surface area contributed by atoms with Crippen LogP contribution in [0, 0.1) is 0 Å². The van der Waals surface area contributed by atoms with Crippen LogP contribution in [0.2, 0.25) is 0 Å². The van der Waals surface area contributed by atoms with E-state index in [4.69, 9.17) is 4.42 Å². The first-order valence-electron chi connectivity index (χ1n) is 21.7. The Kier molecular flexibility index (Phi) is 8.76. The lowest BCUT2D eigenvalue weighted by Gasteiger charge is -2.34. The maximum Gasteiger partial charge on any atom is 0.137 e. The number of furan rings is 1. The van der Waals surface area contributed by atoms with Crippen LogP contribution < -0.4 is 4.90 Å². The average Bonchev–Trinajstić information content (AvgIpc) is 3.89. The van der Waals surface area contributed by atoms with Gasteiger partial charge in [0.25, 0.3) is 0 Å². The smallest absolute Gasteiger partial charge is 0.137 e. The van der Waals surface area contributed by atoms with Gasteiger partial charge in [-0.3, -0.25) is 0 Å². The van der Waals surface area contributed by atoms with Crippen molar-refractivity contribution in [1.82, 2.24) is 0 Å². The van der Waals surface area contributed by atoms with Gasteiger partial charge >= 0.3 is 0 Å². The van der Waals surface area contributed by atoms with Crippen LogP contribution in [-0.4, -0.2) is 0 Å². The molecule has 2 heteroatoms. The van der Waals surface area contributed by atoms with Crippen LogP contribution >= 0.6 is 0 Å². The number of nitrogens with zero attached hydrogens (tertiary/aromatic N) is 1. The molecule has 1 heterocycles. The molecule has 0 saturated heterocycles. The van der Waals surface area contributed by atoms with Gasteiger partial charge in [0.1, 0.15) is 11.2 Å². The molecule has 2 nitrogen and oxygen atoms in total. The van der Waals surface area contributed by atoms with E-state index < -0.39 is 5.41 Å². The molecule has 1 aliphatic rings. The quantitative estimate of drug-likeness (QED) is 0.152. The van der Waals surface area contributed by atoms with Crippen molar-refractivity contribution in [2.24, 2.45) is 0 Å². The summed E-state index contributed by atoms with van der Waals surface area (Å²) in [5.41, 5.74) is 18.7. The van der Waals surface area contributed by atoms with Crippen molar-refractivity contribution in [3.05, 3.63) is 271 Å². The Morgan fingerprint density at radius 1 is 0.333 bits per heavy atom. The second kappa shape index (κ2) is 15.1. The highest BCUT2D eigenvalue weighted by Crippen LogP contribution is 2.62. The number of hydrogen-bond acceptors (Lipinski definition) is 2. The third-order valence-corrected chi connectivity index (χ3v) is 12.9. The predicted molar refractivity (Wildman–Crippen MR) is 262 cm³/mol. The van der Waals surface area contributed by atoms with Crippen LogP contribution in [0.15, 0.2) is 253 Å². The van der Waals surface area contributed by atoms with E-state index in [9.17, 15) is 0 Å². The minimum Gasteiger partial charge on any atom is -0.456 e. The molecule has 63 heavy (non-hydrogen) atoms. The Labute approximate surface area is 367 Å². The summed E-state index contributed by atoms with van der Waals surface area (Å²) >= 11 is 0. The van der Waals surface area contributed by atoms with Crippen molar-refractivity contribution >= 4 is 39.0 Å². The van der Waals surface area contributed by atoms with Crippen molar-refractivity contribution in [2.75, 3.05) is 4.90 Å². The average molecular weight is 804 g/mol. The highest BCUT2D eigenvalue weighted by Gasteiger charge is 2.48. The summed E-state index contributed by atoms with van der Waals surface area (Å²) in [6.45, 7) is 0. The second-order valence-electron chi connectivity index (χ2n) is 16.4. The molecular weight excluding hydrogens is 763 g/mol. The van der Waals surface area contributed by atoms with Crippen molar-refractivity contribution < 1.29 is 4.42 Å². The molecule has 0 radical (unpaired) electrons. The van der Waals surface area contributed by atoms with E-state index in [0.29, 0.717) is 0 Å². The number of anilines is 3. The fraction of sp³-hybridized carbons (Fsp3) is 0.0164. The largest absolute Gasteiger partial charge is 0.456 e. The summed E-state index contributed by atoms with van der Waals surface area (Å²) in [6.07, 6.45) is 0. The monoisotopic (exact) mass is 803 g/mol. The van der Waals surface area contributed by atoms with Crippen molar-refractivity contribution in [3.8, 4) is 44.5 Å². The van der Waals surface area contributed by atoms with Gasteiger partial charge in [-0.1, -0.05) is 206 Å². The van der Waals surface area contributed by atoms with Gasteiger partial charge < -0.3 is 9.32 Å². The molecule has 0 saturated carbocycles. The second-order valence-corrected chi connectivity index (χ2v) is 16.4. The maximum atomic E-state index is 7.09. The van der Waals surface area contributed by atoms with Crippen LogP contribution in [-0.2, 0) is 5.41 Å². The molecule has 0 unspecified atom stereocenters. The van der Waals surface area contributed by atoms with Crippen LogP contribution in [0.4, 0.5) is 17.1 Å². The summed E-state index contributed by atoms with van der Waals surface area (Å²) in [5.74, 6) is 0. The standard InChI is InChI=1S/C61H41NO/c1-6-18-42(19-7-1)44-30-32-45(33-31-44)46-34-37-51(38-35-46)62(50-26-14-5-15-27-50)60-58-52-28-16-17-29-54(52)61(48-22-10-3-11-23-48,49-24-12-4-13-25-49)55(58)41-57-59(60)53-40-47(36-39-56(53)63-57)43-20-8-2-9-21-43/h1-41H. The lowest BCUT2D eigenvalue weighted by molar-refractivity contribution is 0.666. The fourth-order valence-corrected chi connectivity index (χ4v) is 10.1. The first kappa shape index (κ1) is 36.6. The maximum absolute atomic E-state index is 7.09. The molecular formula is C61H41NO. The molecule has 296 valence electrons. The molecule has 1 aromatic heterocycles. The predicted octanol–water partition coefficient (Wildman–Crippen LogP) is 16.4. The molecule has 11 aromatic rings. The summed E-state index contributed by atoms with van der Waals surface area (Å²) in [4.78, 5) is 2.47. The molecule has 1 aliphatic carbocycles. The molecule has 0 atom stereocenters. The van der Waals surface area contributed by atoms with Gasteiger partial charge in [0, 0.05) is 22.3 Å². The van der Waals surface area contributed by atoms with E-state index in [1.807, 2.05) is 0 Å². The van der Waals surface area contributed by atoms with Gasteiger partial charge in [-0.2, -0.15) is 0 Å². The lowest BCUT2D eigenvalue weighted by atomic mass is 9.67. The van der Waals surface area contributed by atoms with Gasteiger partial charge in [0.05, 0.1) is 16.5 Å². The Balaban J connectivity index is 1.16. The Hall–Kier alpha value is -8.20. The topological polar surface area (TPSA) is 16.4 Å². The zero-order chi connectivity index (χ0) is 41.7. The zero-order valence-electron chi connectivity index (χ0n) is 34.5. The zero-order valence-corrected chi connectivity index (χ0v) is 34.5. The number of rotatable bonds is 8. The Morgan fingerprint density at radius 2 is 0.778 bits per heavy atom. The van der Waals surface area contributed by atoms with Gasteiger partial charge in [-0.25, -0.2) is 0 Å². The third-order valence-electron chi connectivity index (χ3n) is 12.9. The third kappa shape index (κ3) is 5.95. The van der Waals surface area contributed by atoms with E-state index >= 15 is 0 Å². The van der Waals surface area contributed by atoms with Crippen molar-refractivity contribution in [3.63, 3.8) is 0 Å². The normalized spacial score (nSPS) is 12.6. The summed E-state index contributed by atoms with van der Waals surface area (Å²) in [5, 5.41) is 2.16. The molecule has 10 aromatic carbocycles.